The number of hydrogen-bond acceptors (Lipinski definition) is 7. The summed E-state index contributed by atoms with van der Waals surface area (Å²) in [6.45, 7) is 7.00. The molecule has 0 saturated carbocycles. The standard InChI is InChI=1S/C15H22N4O5/c1-11-9-17(10-12(2)24-11)7-6-16(3)14-5-4-13(18(20)21)8-15(14)19(22)23/h4-5,8,11-12H,6-7,9-10H2,1-3H3/t11-,12+. The second-order valence-corrected chi connectivity index (χ2v) is 6.13. The Morgan fingerprint density at radius 3 is 2.38 bits per heavy atom. The number of nitrogens with zero attached hydrogens (tertiary/aromatic N) is 4. The summed E-state index contributed by atoms with van der Waals surface area (Å²) in [4.78, 5) is 24.8. The highest BCUT2D eigenvalue weighted by atomic mass is 16.6. The average molecular weight is 338 g/mol. The summed E-state index contributed by atoms with van der Waals surface area (Å²) in [5.41, 5.74) is -0.162. The summed E-state index contributed by atoms with van der Waals surface area (Å²) >= 11 is 0. The molecular weight excluding hydrogens is 316 g/mol. The number of nitro groups is 2. The molecule has 1 heterocycles. The van der Waals surface area contributed by atoms with E-state index in [4.69, 9.17) is 4.74 Å². The zero-order valence-electron chi connectivity index (χ0n) is 14.0. The highest BCUT2D eigenvalue weighted by molar-refractivity contribution is 5.66. The molecule has 0 amide bonds. The van der Waals surface area contributed by atoms with E-state index in [9.17, 15) is 20.2 Å². The zero-order chi connectivity index (χ0) is 17.9. The van der Waals surface area contributed by atoms with Crippen LogP contribution in [0.1, 0.15) is 13.8 Å². The van der Waals surface area contributed by atoms with Gasteiger partial charge in [0, 0.05) is 39.3 Å². The van der Waals surface area contributed by atoms with E-state index >= 15 is 0 Å². The first-order valence-electron chi connectivity index (χ1n) is 7.79. The van der Waals surface area contributed by atoms with Gasteiger partial charge in [-0.2, -0.15) is 0 Å². The first-order chi connectivity index (χ1) is 11.3. The van der Waals surface area contributed by atoms with Crippen molar-refractivity contribution in [3.05, 3.63) is 38.4 Å². The Balaban J connectivity index is 2.07. The molecule has 2 rings (SSSR count). The maximum atomic E-state index is 11.2. The van der Waals surface area contributed by atoms with Crippen molar-refractivity contribution in [1.29, 1.82) is 0 Å². The number of hydrogen-bond donors (Lipinski definition) is 0. The number of benzene rings is 1. The summed E-state index contributed by atoms with van der Waals surface area (Å²) in [7, 11) is 1.75. The lowest BCUT2D eigenvalue weighted by Gasteiger charge is -2.36. The number of morpholine rings is 1. The highest BCUT2D eigenvalue weighted by Gasteiger charge is 2.24. The molecule has 1 aromatic rings. The van der Waals surface area contributed by atoms with E-state index in [1.165, 1.54) is 12.1 Å². The van der Waals surface area contributed by atoms with Crippen LogP contribution in [-0.2, 0) is 4.74 Å². The topological polar surface area (TPSA) is 102 Å². The van der Waals surface area contributed by atoms with Crippen molar-refractivity contribution in [3.63, 3.8) is 0 Å². The summed E-state index contributed by atoms with van der Waals surface area (Å²) < 4.78 is 5.69. The lowest BCUT2D eigenvalue weighted by atomic mass is 10.2. The molecular formula is C15H22N4O5. The molecule has 1 aromatic carbocycles. The molecule has 132 valence electrons. The van der Waals surface area contributed by atoms with Crippen molar-refractivity contribution in [2.75, 3.05) is 38.1 Å². The number of likely N-dealkylation sites (N-methyl/N-ethyl adjacent to an activating group) is 1. The average Bonchev–Trinajstić information content (AvgIpc) is 2.51. The van der Waals surface area contributed by atoms with Gasteiger partial charge in [0.2, 0.25) is 0 Å². The predicted molar refractivity (Wildman–Crippen MR) is 89.5 cm³/mol. The number of ether oxygens (including phenoxy) is 1. The van der Waals surface area contributed by atoms with Gasteiger partial charge in [-0.1, -0.05) is 0 Å². The summed E-state index contributed by atoms with van der Waals surface area (Å²) in [6, 6.07) is 3.73. The molecule has 1 aliphatic rings. The van der Waals surface area contributed by atoms with Crippen molar-refractivity contribution in [2.24, 2.45) is 0 Å². The van der Waals surface area contributed by atoms with Crippen molar-refractivity contribution >= 4 is 17.1 Å². The molecule has 0 aliphatic carbocycles. The molecule has 1 aliphatic heterocycles. The Hall–Kier alpha value is -2.26. The van der Waals surface area contributed by atoms with Crippen LogP contribution < -0.4 is 4.90 Å². The van der Waals surface area contributed by atoms with E-state index in [0.717, 1.165) is 25.7 Å². The maximum Gasteiger partial charge on any atom is 0.299 e. The van der Waals surface area contributed by atoms with Crippen molar-refractivity contribution in [1.82, 2.24) is 4.90 Å². The Morgan fingerprint density at radius 2 is 1.83 bits per heavy atom. The second-order valence-electron chi connectivity index (χ2n) is 6.13. The molecule has 0 unspecified atom stereocenters. The monoisotopic (exact) mass is 338 g/mol. The van der Waals surface area contributed by atoms with E-state index in [0.29, 0.717) is 12.2 Å². The largest absolute Gasteiger partial charge is 0.373 e. The summed E-state index contributed by atoms with van der Waals surface area (Å²) in [5, 5.41) is 22.0. The maximum absolute atomic E-state index is 11.2. The van der Waals surface area contributed by atoms with Gasteiger partial charge in [0.05, 0.1) is 28.1 Å². The third-order valence-corrected chi connectivity index (χ3v) is 4.02. The van der Waals surface area contributed by atoms with E-state index in [1.807, 2.05) is 13.8 Å². The SMILES string of the molecule is C[C@@H]1CN(CCN(C)c2ccc([N+](=O)[O-])cc2[N+](=O)[O-])C[C@H](C)O1. The normalized spacial score (nSPS) is 21.5. The molecule has 24 heavy (non-hydrogen) atoms. The van der Waals surface area contributed by atoms with Crippen LogP contribution in [0, 0.1) is 20.2 Å². The molecule has 9 nitrogen and oxygen atoms in total. The fourth-order valence-corrected chi connectivity index (χ4v) is 2.97. The second kappa shape index (κ2) is 7.54. The minimum Gasteiger partial charge on any atom is -0.373 e. The predicted octanol–water partition coefficient (Wildman–Crippen LogP) is 2.05. The van der Waals surface area contributed by atoms with E-state index in [1.54, 1.807) is 11.9 Å². The van der Waals surface area contributed by atoms with Crippen molar-refractivity contribution in [3.8, 4) is 0 Å². The van der Waals surface area contributed by atoms with Crippen LogP contribution in [0.3, 0.4) is 0 Å². The minimum absolute atomic E-state index is 0.160. The van der Waals surface area contributed by atoms with Gasteiger partial charge in [0.1, 0.15) is 5.69 Å². The lowest BCUT2D eigenvalue weighted by molar-refractivity contribution is -0.393. The van der Waals surface area contributed by atoms with Crippen LogP contribution in [0.5, 0.6) is 0 Å². The molecule has 9 heteroatoms. The molecule has 2 atom stereocenters. The summed E-state index contributed by atoms with van der Waals surface area (Å²) in [6.07, 6.45) is 0.320. The van der Waals surface area contributed by atoms with Gasteiger partial charge in [-0.05, 0) is 19.9 Å². The minimum atomic E-state index is -0.632. The fourth-order valence-electron chi connectivity index (χ4n) is 2.97. The number of rotatable bonds is 6. The van der Waals surface area contributed by atoms with Gasteiger partial charge in [-0.15, -0.1) is 0 Å². The van der Waals surface area contributed by atoms with Crippen LogP contribution in [0.4, 0.5) is 17.1 Å². The third-order valence-electron chi connectivity index (χ3n) is 4.02. The fraction of sp³-hybridized carbons (Fsp3) is 0.600. The molecule has 0 aromatic heterocycles. The molecule has 1 saturated heterocycles. The van der Waals surface area contributed by atoms with Gasteiger partial charge in [-0.25, -0.2) is 0 Å². The smallest absolute Gasteiger partial charge is 0.299 e. The van der Waals surface area contributed by atoms with Crippen molar-refractivity contribution < 1.29 is 14.6 Å². The van der Waals surface area contributed by atoms with Crippen LogP contribution in [0.2, 0.25) is 0 Å². The Bertz CT molecular complexity index is 614. The van der Waals surface area contributed by atoms with Gasteiger partial charge in [0.15, 0.2) is 0 Å². The first-order valence-corrected chi connectivity index (χ1v) is 7.79. The van der Waals surface area contributed by atoms with Gasteiger partial charge in [0.25, 0.3) is 11.4 Å². The number of anilines is 1. The van der Waals surface area contributed by atoms with Gasteiger partial charge < -0.3 is 9.64 Å². The molecule has 1 fully saturated rings. The molecule has 0 radical (unpaired) electrons. The Morgan fingerprint density at radius 1 is 1.21 bits per heavy atom. The van der Waals surface area contributed by atoms with Crippen LogP contribution in [0.25, 0.3) is 0 Å². The Labute approximate surface area is 140 Å². The molecule has 0 spiro atoms. The Kier molecular flexibility index (Phi) is 5.68. The molecule has 0 bridgehead atoms. The van der Waals surface area contributed by atoms with E-state index < -0.39 is 9.85 Å². The number of nitro benzene ring substituents is 2. The van der Waals surface area contributed by atoms with Gasteiger partial charge in [-0.3, -0.25) is 25.1 Å². The highest BCUT2D eigenvalue weighted by Crippen LogP contribution is 2.31. The number of non-ortho nitro benzene ring substituents is 1. The third kappa shape index (κ3) is 4.39. The molecule has 0 N–H and O–H groups in total. The van der Waals surface area contributed by atoms with E-state index in [2.05, 4.69) is 4.90 Å². The zero-order valence-corrected chi connectivity index (χ0v) is 14.0. The summed E-state index contributed by atoms with van der Waals surface area (Å²) in [5.74, 6) is 0. The quantitative estimate of drug-likeness (QED) is 0.577. The van der Waals surface area contributed by atoms with E-state index in [-0.39, 0.29) is 23.6 Å². The lowest BCUT2D eigenvalue weighted by Crippen LogP contribution is -2.47. The first kappa shape index (κ1) is 18.1. The van der Waals surface area contributed by atoms with Crippen LogP contribution in [-0.4, -0.2) is 60.2 Å². The van der Waals surface area contributed by atoms with Crippen molar-refractivity contribution in [2.45, 2.75) is 26.1 Å². The van der Waals surface area contributed by atoms with Crippen LogP contribution in [0.15, 0.2) is 18.2 Å². The van der Waals surface area contributed by atoms with Gasteiger partial charge >= 0.3 is 0 Å². The van der Waals surface area contributed by atoms with Crippen LogP contribution >= 0.6 is 0 Å².